The van der Waals surface area contributed by atoms with Gasteiger partial charge in [-0.2, -0.15) is 0 Å². The molecule has 1 amide bonds. The zero-order valence-electron chi connectivity index (χ0n) is 13.7. The fourth-order valence-corrected chi connectivity index (χ4v) is 3.13. The molecule has 0 unspecified atom stereocenters. The van der Waals surface area contributed by atoms with Crippen LogP contribution in [0.5, 0.6) is 0 Å². The monoisotopic (exact) mass is 337 g/mol. The van der Waals surface area contributed by atoms with E-state index in [1.165, 1.54) is 6.42 Å². The summed E-state index contributed by atoms with van der Waals surface area (Å²) in [5, 5.41) is 11.3. The third kappa shape index (κ3) is 3.82. The molecule has 3 rings (SSSR count). The van der Waals surface area contributed by atoms with Gasteiger partial charge in [0.05, 0.1) is 5.52 Å². The van der Waals surface area contributed by atoms with Gasteiger partial charge < -0.3 is 10.2 Å². The van der Waals surface area contributed by atoms with Crippen LogP contribution in [0.2, 0.25) is 0 Å². The summed E-state index contributed by atoms with van der Waals surface area (Å²) in [7, 11) is 3.84. The predicted molar refractivity (Wildman–Crippen MR) is 92.9 cm³/mol. The molecule has 0 saturated carbocycles. The van der Waals surface area contributed by atoms with Crippen LogP contribution in [0.4, 0.5) is 0 Å². The lowest BCUT2D eigenvalue weighted by atomic mass is 9.93. The summed E-state index contributed by atoms with van der Waals surface area (Å²) in [4.78, 5) is 14.6. The summed E-state index contributed by atoms with van der Waals surface area (Å²) in [6, 6.07) is 5.64. The number of aryl methyl sites for hydroxylation is 1. The number of halogens is 1. The molecule has 1 saturated heterocycles. The summed E-state index contributed by atoms with van der Waals surface area (Å²) in [5.41, 5.74) is 2.43. The molecule has 2 aromatic rings. The number of fused-ring (bicyclic) bond motifs is 1. The molecule has 0 bridgehead atoms. The van der Waals surface area contributed by atoms with E-state index < -0.39 is 0 Å². The number of piperidine rings is 1. The van der Waals surface area contributed by atoms with Crippen LogP contribution in [0, 0.1) is 5.92 Å². The van der Waals surface area contributed by atoms with E-state index in [2.05, 4.69) is 15.6 Å². The molecular weight excluding hydrogens is 314 g/mol. The number of aromatic nitrogens is 3. The van der Waals surface area contributed by atoms with Crippen molar-refractivity contribution in [3.63, 3.8) is 0 Å². The molecule has 2 heterocycles. The molecule has 0 atom stereocenters. The Labute approximate surface area is 142 Å². The third-order valence-electron chi connectivity index (χ3n) is 4.56. The van der Waals surface area contributed by atoms with E-state index in [1.807, 2.05) is 37.2 Å². The van der Waals surface area contributed by atoms with Crippen LogP contribution in [0.1, 0.15) is 29.6 Å². The molecule has 1 fully saturated rings. The first kappa shape index (κ1) is 17.7. The van der Waals surface area contributed by atoms with Crippen LogP contribution in [0.15, 0.2) is 18.2 Å². The molecule has 0 aliphatic carbocycles. The average Bonchev–Trinajstić information content (AvgIpc) is 2.93. The van der Waals surface area contributed by atoms with Crippen molar-refractivity contribution in [1.82, 2.24) is 25.2 Å². The summed E-state index contributed by atoms with van der Waals surface area (Å²) >= 11 is 0. The molecule has 0 spiro atoms. The molecule has 1 N–H and O–H groups in total. The highest BCUT2D eigenvalue weighted by Gasteiger charge is 2.23. The second-order valence-electron chi connectivity index (χ2n) is 6.04. The number of benzene rings is 1. The van der Waals surface area contributed by atoms with Crippen molar-refractivity contribution in [1.29, 1.82) is 0 Å². The molecular formula is C16H24ClN5O. The zero-order chi connectivity index (χ0) is 15.5. The lowest BCUT2D eigenvalue weighted by Gasteiger charge is -2.32. The molecule has 1 aliphatic rings. The summed E-state index contributed by atoms with van der Waals surface area (Å²) in [5.74, 6) is 0.846. The number of likely N-dealkylation sites (tertiary alicyclic amines) is 1. The summed E-state index contributed by atoms with van der Waals surface area (Å²) in [6.07, 6.45) is 3.39. The topological polar surface area (TPSA) is 63.1 Å². The van der Waals surface area contributed by atoms with Gasteiger partial charge in [-0.05, 0) is 57.0 Å². The Morgan fingerprint density at radius 2 is 2.09 bits per heavy atom. The maximum Gasteiger partial charge on any atom is 0.253 e. The number of hydrogen-bond acceptors (Lipinski definition) is 4. The van der Waals surface area contributed by atoms with E-state index in [-0.39, 0.29) is 18.3 Å². The Morgan fingerprint density at radius 3 is 2.78 bits per heavy atom. The van der Waals surface area contributed by atoms with Crippen LogP contribution in [-0.2, 0) is 7.05 Å². The van der Waals surface area contributed by atoms with Crippen molar-refractivity contribution in [3.8, 4) is 0 Å². The highest BCUT2D eigenvalue weighted by atomic mass is 35.5. The van der Waals surface area contributed by atoms with Gasteiger partial charge in [0.2, 0.25) is 0 Å². The Bertz CT molecular complexity index is 664. The van der Waals surface area contributed by atoms with Crippen LogP contribution in [0.25, 0.3) is 11.0 Å². The van der Waals surface area contributed by atoms with Crippen LogP contribution in [-0.4, -0.2) is 52.5 Å². The number of nitrogens with one attached hydrogen (secondary N) is 1. The van der Waals surface area contributed by atoms with Crippen molar-refractivity contribution < 1.29 is 4.79 Å². The molecule has 6 nitrogen and oxygen atoms in total. The molecule has 0 radical (unpaired) electrons. The lowest BCUT2D eigenvalue weighted by Crippen LogP contribution is -2.38. The van der Waals surface area contributed by atoms with Gasteiger partial charge in [0.1, 0.15) is 5.52 Å². The van der Waals surface area contributed by atoms with Gasteiger partial charge in [-0.15, -0.1) is 17.5 Å². The third-order valence-corrected chi connectivity index (χ3v) is 4.56. The quantitative estimate of drug-likeness (QED) is 0.925. The van der Waals surface area contributed by atoms with Gasteiger partial charge in [-0.25, -0.2) is 4.68 Å². The maximum absolute atomic E-state index is 12.6. The molecule has 7 heteroatoms. The maximum atomic E-state index is 12.6. The van der Waals surface area contributed by atoms with Gasteiger partial charge in [-0.3, -0.25) is 4.79 Å². The minimum absolute atomic E-state index is 0. The SMILES string of the molecule is CNCCC1CCN(C(=O)c2ccc3c(c2)nnn3C)CC1.Cl. The van der Waals surface area contributed by atoms with Gasteiger partial charge in [0, 0.05) is 25.7 Å². The van der Waals surface area contributed by atoms with Crippen LogP contribution >= 0.6 is 12.4 Å². The van der Waals surface area contributed by atoms with Gasteiger partial charge in [0.15, 0.2) is 0 Å². The van der Waals surface area contributed by atoms with Crippen molar-refractivity contribution in [3.05, 3.63) is 23.8 Å². The molecule has 1 aromatic carbocycles. The van der Waals surface area contributed by atoms with Crippen molar-refractivity contribution in [2.75, 3.05) is 26.7 Å². The number of carbonyl (C=O) groups is 1. The number of hydrogen-bond donors (Lipinski definition) is 1. The van der Waals surface area contributed by atoms with E-state index in [9.17, 15) is 4.79 Å². The number of amides is 1. The summed E-state index contributed by atoms with van der Waals surface area (Å²) in [6.45, 7) is 2.76. The zero-order valence-corrected chi connectivity index (χ0v) is 14.5. The van der Waals surface area contributed by atoms with E-state index >= 15 is 0 Å². The largest absolute Gasteiger partial charge is 0.339 e. The number of rotatable bonds is 4. The van der Waals surface area contributed by atoms with Crippen LogP contribution in [0.3, 0.4) is 0 Å². The fraction of sp³-hybridized carbons (Fsp3) is 0.562. The minimum atomic E-state index is 0. The fourth-order valence-electron chi connectivity index (χ4n) is 3.13. The Balaban J connectivity index is 0.00000192. The first-order valence-electron chi connectivity index (χ1n) is 7.92. The molecule has 23 heavy (non-hydrogen) atoms. The summed E-state index contributed by atoms with van der Waals surface area (Å²) < 4.78 is 1.72. The first-order valence-corrected chi connectivity index (χ1v) is 7.92. The van der Waals surface area contributed by atoms with Gasteiger partial charge in [-0.1, -0.05) is 5.21 Å². The molecule has 126 valence electrons. The van der Waals surface area contributed by atoms with E-state index in [1.54, 1.807) is 4.68 Å². The van der Waals surface area contributed by atoms with E-state index in [0.717, 1.165) is 49.4 Å². The van der Waals surface area contributed by atoms with Gasteiger partial charge >= 0.3 is 0 Å². The number of nitrogens with zero attached hydrogens (tertiary/aromatic N) is 4. The minimum Gasteiger partial charge on any atom is -0.339 e. The highest BCUT2D eigenvalue weighted by molar-refractivity contribution is 5.97. The Hall–Kier alpha value is -1.66. The predicted octanol–water partition coefficient (Wildman–Crippen LogP) is 1.85. The highest BCUT2D eigenvalue weighted by Crippen LogP contribution is 2.22. The Kier molecular flexibility index (Phi) is 5.96. The second-order valence-corrected chi connectivity index (χ2v) is 6.04. The van der Waals surface area contributed by atoms with Crippen molar-refractivity contribution >= 4 is 29.3 Å². The van der Waals surface area contributed by atoms with Gasteiger partial charge in [0.25, 0.3) is 5.91 Å². The first-order chi connectivity index (χ1) is 10.7. The average molecular weight is 338 g/mol. The Morgan fingerprint density at radius 1 is 1.35 bits per heavy atom. The smallest absolute Gasteiger partial charge is 0.253 e. The number of carbonyl (C=O) groups excluding carboxylic acids is 1. The van der Waals surface area contributed by atoms with E-state index in [0.29, 0.717) is 5.56 Å². The van der Waals surface area contributed by atoms with Crippen molar-refractivity contribution in [2.24, 2.45) is 13.0 Å². The lowest BCUT2D eigenvalue weighted by molar-refractivity contribution is 0.0687. The second kappa shape index (κ2) is 7.75. The molecule has 1 aromatic heterocycles. The van der Waals surface area contributed by atoms with Crippen LogP contribution < -0.4 is 5.32 Å². The normalized spacial score (nSPS) is 15.7. The molecule has 1 aliphatic heterocycles. The standard InChI is InChI=1S/C16H23N5O.ClH/c1-17-8-5-12-6-9-21(10-7-12)16(22)13-3-4-15-14(11-13)18-19-20(15)2;/h3-4,11-12,17H,5-10H2,1-2H3;1H. The van der Waals surface area contributed by atoms with E-state index in [4.69, 9.17) is 0 Å². The van der Waals surface area contributed by atoms with Crippen molar-refractivity contribution in [2.45, 2.75) is 19.3 Å².